The average Bonchev–Trinajstić information content (AvgIpc) is 2.63. The van der Waals surface area contributed by atoms with Gasteiger partial charge in [-0.25, -0.2) is 4.79 Å². The Bertz CT molecular complexity index is 632. The number of nitrogens with one attached hydrogen (secondary N) is 2. The van der Waals surface area contributed by atoms with Crippen LogP contribution >= 0.6 is 23.2 Å². The summed E-state index contributed by atoms with van der Waals surface area (Å²) >= 11 is 12.1. The van der Waals surface area contributed by atoms with Gasteiger partial charge in [-0.3, -0.25) is 4.99 Å². The number of ether oxygens (including phenoxy) is 1. The first-order valence-electron chi connectivity index (χ1n) is 8.86. The van der Waals surface area contributed by atoms with E-state index in [0.29, 0.717) is 36.3 Å². The maximum absolute atomic E-state index is 11.7. The van der Waals surface area contributed by atoms with Crippen molar-refractivity contribution in [2.24, 2.45) is 4.99 Å². The lowest BCUT2D eigenvalue weighted by Crippen LogP contribution is -2.50. The summed E-state index contributed by atoms with van der Waals surface area (Å²) < 4.78 is 5.04. The van der Waals surface area contributed by atoms with Crippen molar-refractivity contribution >= 4 is 35.3 Å². The quantitative estimate of drug-likeness (QED) is 0.587. The van der Waals surface area contributed by atoms with Gasteiger partial charge in [0.2, 0.25) is 0 Å². The van der Waals surface area contributed by atoms with Gasteiger partial charge in [-0.05, 0) is 43.9 Å². The van der Waals surface area contributed by atoms with E-state index in [4.69, 9.17) is 27.9 Å². The second-order valence-corrected chi connectivity index (χ2v) is 6.93. The summed E-state index contributed by atoms with van der Waals surface area (Å²) in [6.07, 6.45) is 2.27. The van der Waals surface area contributed by atoms with Crippen LogP contribution in [0.1, 0.15) is 25.3 Å². The number of likely N-dealkylation sites (tertiary alicyclic amines) is 1. The number of guanidine groups is 1. The Morgan fingerprint density at radius 3 is 2.69 bits per heavy atom. The number of carbonyl (C=O) groups is 1. The SMILES string of the molecule is CCOC(=O)N1CCC(NC(=NC)NCCc2ccc(Cl)cc2Cl)CC1. The Hall–Kier alpha value is -1.66. The van der Waals surface area contributed by atoms with Gasteiger partial charge in [0.15, 0.2) is 5.96 Å². The molecule has 0 unspecified atom stereocenters. The number of benzene rings is 1. The molecular formula is C18H26Cl2N4O2. The van der Waals surface area contributed by atoms with Crippen molar-refractivity contribution in [1.29, 1.82) is 0 Å². The zero-order valence-corrected chi connectivity index (χ0v) is 16.7. The zero-order chi connectivity index (χ0) is 18.9. The van der Waals surface area contributed by atoms with Gasteiger partial charge in [0.1, 0.15) is 0 Å². The van der Waals surface area contributed by atoms with E-state index in [1.165, 1.54) is 0 Å². The van der Waals surface area contributed by atoms with Crippen LogP contribution in [0.25, 0.3) is 0 Å². The molecule has 0 bridgehead atoms. The van der Waals surface area contributed by atoms with Gasteiger partial charge in [-0.1, -0.05) is 29.3 Å². The molecule has 1 saturated heterocycles. The molecule has 1 aromatic rings. The minimum Gasteiger partial charge on any atom is -0.450 e. The van der Waals surface area contributed by atoms with E-state index in [0.717, 1.165) is 30.8 Å². The third kappa shape index (κ3) is 6.25. The van der Waals surface area contributed by atoms with Crippen molar-refractivity contribution in [3.8, 4) is 0 Å². The van der Waals surface area contributed by atoms with Crippen LogP contribution in [-0.2, 0) is 11.2 Å². The smallest absolute Gasteiger partial charge is 0.409 e. The third-order valence-electron chi connectivity index (χ3n) is 4.29. The second-order valence-electron chi connectivity index (χ2n) is 6.09. The Morgan fingerprint density at radius 1 is 1.35 bits per heavy atom. The standard InChI is InChI=1S/C18H26Cl2N4O2/c1-3-26-18(25)24-10-7-15(8-11-24)23-17(21-2)22-9-6-13-4-5-14(19)12-16(13)20/h4-5,12,15H,3,6-11H2,1-2H3,(H2,21,22,23). The van der Waals surface area contributed by atoms with E-state index < -0.39 is 0 Å². The number of carbonyl (C=O) groups excluding carboxylic acids is 1. The van der Waals surface area contributed by atoms with Gasteiger partial charge in [0.25, 0.3) is 0 Å². The summed E-state index contributed by atoms with van der Waals surface area (Å²) in [4.78, 5) is 17.8. The van der Waals surface area contributed by atoms with Crippen molar-refractivity contribution in [1.82, 2.24) is 15.5 Å². The lowest BCUT2D eigenvalue weighted by Gasteiger charge is -2.32. The molecule has 1 amide bonds. The van der Waals surface area contributed by atoms with Gasteiger partial charge in [0.05, 0.1) is 6.61 Å². The molecule has 0 aromatic heterocycles. The maximum atomic E-state index is 11.7. The molecule has 1 heterocycles. The molecular weight excluding hydrogens is 375 g/mol. The van der Waals surface area contributed by atoms with E-state index in [2.05, 4.69) is 15.6 Å². The molecule has 1 aromatic carbocycles. The molecule has 0 saturated carbocycles. The zero-order valence-electron chi connectivity index (χ0n) is 15.2. The van der Waals surface area contributed by atoms with Crippen molar-refractivity contribution < 1.29 is 9.53 Å². The number of halogens is 2. The highest BCUT2D eigenvalue weighted by Crippen LogP contribution is 2.21. The molecule has 0 atom stereocenters. The summed E-state index contributed by atoms with van der Waals surface area (Å²) in [6.45, 7) is 4.31. The van der Waals surface area contributed by atoms with Crippen molar-refractivity contribution in [3.05, 3.63) is 33.8 Å². The van der Waals surface area contributed by atoms with Crippen molar-refractivity contribution in [2.45, 2.75) is 32.2 Å². The van der Waals surface area contributed by atoms with E-state index in [1.54, 1.807) is 18.0 Å². The number of aliphatic imine (C=N–C) groups is 1. The molecule has 2 N–H and O–H groups in total. The fraction of sp³-hybridized carbons (Fsp3) is 0.556. The van der Waals surface area contributed by atoms with Gasteiger partial charge in [-0.2, -0.15) is 0 Å². The highest BCUT2D eigenvalue weighted by atomic mass is 35.5. The average molecular weight is 401 g/mol. The van der Waals surface area contributed by atoms with Gasteiger partial charge in [0, 0.05) is 42.8 Å². The lowest BCUT2D eigenvalue weighted by atomic mass is 10.1. The van der Waals surface area contributed by atoms with Crippen molar-refractivity contribution in [2.75, 3.05) is 33.3 Å². The molecule has 6 nitrogen and oxygen atoms in total. The predicted octanol–water partition coefficient (Wildman–Crippen LogP) is 3.32. The first-order valence-corrected chi connectivity index (χ1v) is 9.62. The number of rotatable bonds is 5. The van der Waals surface area contributed by atoms with Crippen LogP contribution in [0.15, 0.2) is 23.2 Å². The summed E-state index contributed by atoms with van der Waals surface area (Å²) in [7, 11) is 1.75. The van der Waals surface area contributed by atoms with Gasteiger partial charge in [-0.15, -0.1) is 0 Å². The normalized spacial score (nSPS) is 15.7. The predicted molar refractivity (Wildman–Crippen MR) is 106 cm³/mol. The first-order chi connectivity index (χ1) is 12.5. The second kappa shape index (κ2) is 10.5. The fourth-order valence-corrected chi connectivity index (χ4v) is 3.35. The van der Waals surface area contributed by atoms with E-state index in [1.807, 2.05) is 19.1 Å². The van der Waals surface area contributed by atoms with Crippen LogP contribution < -0.4 is 10.6 Å². The maximum Gasteiger partial charge on any atom is 0.409 e. The first kappa shape index (κ1) is 20.6. The molecule has 1 aliphatic rings. The van der Waals surface area contributed by atoms with Crippen LogP contribution in [-0.4, -0.2) is 56.3 Å². The summed E-state index contributed by atoms with van der Waals surface area (Å²) in [5.41, 5.74) is 1.04. The fourth-order valence-electron chi connectivity index (χ4n) is 2.85. The van der Waals surface area contributed by atoms with Crippen LogP contribution in [0, 0.1) is 0 Å². The molecule has 8 heteroatoms. The number of amides is 1. The molecule has 0 spiro atoms. The Morgan fingerprint density at radius 2 is 2.08 bits per heavy atom. The highest BCUT2D eigenvalue weighted by Gasteiger charge is 2.23. The highest BCUT2D eigenvalue weighted by molar-refractivity contribution is 6.35. The summed E-state index contributed by atoms with van der Waals surface area (Å²) in [5, 5.41) is 8.03. The van der Waals surface area contributed by atoms with Gasteiger partial charge < -0.3 is 20.3 Å². The van der Waals surface area contributed by atoms with Crippen LogP contribution in [0.3, 0.4) is 0 Å². The minimum absolute atomic E-state index is 0.228. The van der Waals surface area contributed by atoms with E-state index >= 15 is 0 Å². The lowest BCUT2D eigenvalue weighted by molar-refractivity contribution is 0.0963. The Balaban J connectivity index is 1.74. The topological polar surface area (TPSA) is 66.0 Å². The van der Waals surface area contributed by atoms with Crippen molar-refractivity contribution in [3.63, 3.8) is 0 Å². The molecule has 2 rings (SSSR count). The van der Waals surface area contributed by atoms with Crippen LogP contribution in [0.2, 0.25) is 10.0 Å². The summed E-state index contributed by atoms with van der Waals surface area (Å²) in [6, 6.07) is 5.81. The molecule has 144 valence electrons. The van der Waals surface area contributed by atoms with E-state index in [9.17, 15) is 4.79 Å². The monoisotopic (exact) mass is 400 g/mol. The Kier molecular flexibility index (Phi) is 8.32. The van der Waals surface area contributed by atoms with E-state index in [-0.39, 0.29) is 12.1 Å². The number of nitrogens with zero attached hydrogens (tertiary/aromatic N) is 2. The van der Waals surface area contributed by atoms with Crippen LogP contribution in [0.4, 0.5) is 4.79 Å². The number of hydrogen-bond acceptors (Lipinski definition) is 3. The minimum atomic E-state index is -0.228. The Labute approximate surface area is 164 Å². The number of hydrogen-bond donors (Lipinski definition) is 2. The molecule has 0 radical (unpaired) electrons. The molecule has 1 aliphatic heterocycles. The third-order valence-corrected chi connectivity index (χ3v) is 4.87. The number of piperidine rings is 1. The molecule has 0 aliphatic carbocycles. The largest absolute Gasteiger partial charge is 0.450 e. The molecule has 1 fully saturated rings. The van der Waals surface area contributed by atoms with Crippen LogP contribution in [0.5, 0.6) is 0 Å². The summed E-state index contributed by atoms with van der Waals surface area (Å²) in [5.74, 6) is 0.754. The van der Waals surface area contributed by atoms with Gasteiger partial charge >= 0.3 is 6.09 Å². The molecule has 26 heavy (non-hydrogen) atoms.